The van der Waals surface area contributed by atoms with Crippen LogP contribution in [0.2, 0.25) is 5.02 Å². The smallest absolute Gasteiger partial charge is 0.159 e. The van der Waals surface area contributed by atoms with Crippen molar-refractivity contribution in [3.63, 3.8) is 0 Å². The van der Waals surface area contributed by atoms with Gasteiger partial charge in [0, 0.05) is 88.3 Å². The van der Waals surface area contributed by atoms with Crippen LogP contribution in [0.15, 0.2) is 353 Å². The van der Waals surface area contributed by atoms with Crippen molar-refractivity contribution < 1.29 is 13.3 Å². The molecule has 0 aliphatic rings. The number of hydrogen-bond acceptors (Lipinski definition) is 6. The lowest BCUT2D eigenvalue weighted by Gasteiger charge is -2.27. The molecule has 0 spiro atoms. The van der Waals surface area contributed by atoms with Crippen molar-refractivity contribution in [1.29, 1.82) is 0 Å². The van der Waals surface area contributed by atoms with E-state index < -0.39 is 0 Å². The quantitative estimate of drug-likeness (QED) is 0.129. The maximum Gasteiger partial charge on any atom is 0.159 e. The van der Waals surface area contributed by atoms with E-state index in [9.17, 15) is 0 Å². The summed E-state index contributed by atoms with van der Waals surface area (Å²) in [6.07, 6.45) is 0. The first-order valence-corrected chi connectivity index (χ1v) is 31.6. The molecule has 0 atom stereocenters. The van der Waals surface area contributed by atoms with Crippen LogP contribution in [0.1, 0.15) is 0 Å². The molecule has 93 heavy (non-hydrogen) atoms. The molecule has 0 radical (unpaired) electrons. The van der Waals surface area contributed by atoms with E-state index in [2.05, 4.69) is 306 Å². The molecule has 0 aliphatic carbocycles. The number of hydrogen-bond donors (Lipinski definition) is 0. The molecule has 0 unspecified atom stereocenters. The lowest BCUT2D eigenvalue weighted by molar-refractivity contribution is 0.668. The molecule has 0 aliphatic heterocycles. The normalized spacial score (nSPS) is 11.5. The average Bonchev–Trinajstić information content (AvgIpc) is 1.75. The lowest BCUT2D eigenvalue weighted by atomic mass is 9.96. The number of anilines is 9. The van der Waals surface area contributed by atoms with Gasteiger partial charge in [0.25, 0.3) is 0 Å². The monoisotopic (exact) mass is 1210 g/mol. The number of nitrogens with zero attached hydrogens (tertiary/aromatic N) is 3. The molecule has 18 rings (SSSR count). The number of furan rings is 3. The predicted molar refractivity (Wildman–Crippen MR) is 390 cm³/mol. The Morgan fingerprint density at radius 3 is 1.18 bits per heavy atom. The van der Waals surface area contributed by atoms with Crippen molar-refractivity contribution in [2.75, 3.05) is 14.7 Å². The van der Waals surface area contributed by atoms with Crippen LogP contribution in [0.25, 0.3) is 110 Å². The highest BCUT2D eigenvalue weighted by molar-refractivity contribution is 6.30. The highest BCUT2D eigenvalue weighted by Gasteiger charge is 2.24. The Morgan fingerprint density at radius 1 is 0.204 bits per heavy atom. The van der Waals surface area contributed by atoms with E-state index in [4.69, 9.17) is 24.9 Å². The minimum Gasteiger partial charge on any atom is -0.456 e. The molecule has 3 heterocycles. The topological polar surface area (TPSA) is 49.1 Å². The second kappa shape index (κ2) is 23.4. The van der Waals surface area contributed by atoms with Gasteiger partial charge in [0.15, 0.2) is 5.58 Å². The van der Waals surface area contributed by atoms with Gasteiger partial charge < -0.3 is 28.0 Å². The van der Waals surface area contributed by atoms with Crippen LogP contribution in [0.5, 0.6) is 0 Å². The van der Waals surface area contributed by atoms with Gasteiger partial charge in [-0.3, -0.25) is 0 Å². The summed E-state index contributed by atoms with van der Waals surface area (Å²) in [5, 5.41) is 12.1. The minimum atomic E-state index is 0.738. The molecule has 0 saturated heterocycles. The Balaban J connectivity index is 0.000000155. The first-order chi connectivity index (χ1) is 46.0. The van der Waals surface area contributed by atoms with Crippen LogP contribution in [-0.2, 0) is 0 Å². The van der Waals surface area contributed by atoms with Gasteiger partial charge >= 0.3 is 0 Å². The van der Waals surface area contributed by atoms with Gasteiger partial charge in [0.2, 0.25) is 0 Å². The van der Waals surface area contributed by atoms with Crippen LogP contribution < -0.4 is 14.7 Å². The minimum absolute atomic E-state index is 0.738. The molecule has 7 heteroatoms. The van der Waals surface area contributed by atoms with E-state index in [1.54, 1.807) is 0 Å². The van der Waals surface area contributed by atoms with Gasteiger partial charge in [-0.25, -0.2) is 0 Å². The summed E-state index contributed by atoms with van der Waals surface area (Å²) < 4.78 is 19.0. The fourth-order valence-corrected chi connectivity index (χ4v) is 13.6. The first-order valence-electron chi connectivity index (χ1n) is 31.2. The zero-order chi connectivity index (χ0) is 61.8. The van der Waals surface area contributed by atoms with Gasteiger partial charge in [0.1, 0.15) is 27.9 Å². The number of rotatable bonds is 11. The summed E-state index contributed by atoms with van der Waals surface area (Å²) >= 11 is 6.18. The summed E-state index contributed by atoms with van der Waals surface area (Å²) in [6, 6.07) is 119. The van der Waals surface area contributed by atoms with Gasteiger partial charge in [0.05, 0.1) is 17.1 Å². The van der Waals surface area contributed by atoms with Gasteiger partial charge in [-0.15, -0.1) is 0 Å². The predicted octanol–water partition coefficient (Wildman–Crippen LogP) is 25.8. The third kappa shape index (κ3) is 9.94. The third-order valence-electron chi connectivity index (χ3n) is 17.8. The second-order valence-electron chi connectivity index (χ2n) is 23.2. The van der Waals surface area contributed by atoms with Gasteiger partial charge in [-0.05, 0) is 160 Å². The highest BCUT2D eigenvalue weighted by atomic mass is 35.5. The molecule has 0 bridgehead atoms. The molecule has 18 aromatic rings. The molecule has 0 N–H and O–H groups in total. The van der Waals surface area contributed by atoms with Gasteiger partial charge in [-0.2, -0.15) is 0 Å². The summed E-state index contributed by atoms with van der Waals surface area (Å²) in [5.74, 6) is 0. The van der Waals surface area contributed by atoms with Crippen LogP contribution in [0, 0.1) is 0 Å². The SMILES string of the molecule is Clc1ccc(-c2ccc(N(c3ccccc3)c3ccc4oc5ccccc5c4c3)c3ccccc23)cc1.c1ccc(N(c2ccc(-c3ccc(N(c4ccccc4)c4cccc5c4oc4ccccc45)c4ccccc34)cc2)c2ccc3c(c2)oc2ccccc23)cc1. The molecule has 0 saturated carbocycles. The van der Waals surface area contributed by atoms with Crippen molar-refractivity contribution in [2.45, 2.75) is 0 Å². The van der Waals surface area contributed by atoms with Crippen LogP contribution in [-0.4, -0.2) is 0 Å². The number of halogens is 1. The van der Waals surface area contributed by atoms with E-state index in [1.807, 2.05) is 48.5 Å². The van der Waals surface area contributed by atoms with E-state index in [0.717, 1.165) is 139 Å². The summed E-state index contributed by atoms with van der Waals surface area (Å²) in [4.78, 5) is 6.94. The Kier molecular flexibility index (Phi) is 13.8. The maximum absolute atomic E-state index is 6.59. The molecule has 6 nitrogen and oxygen atoms in total. The number of para-hydroxylation sites is 7. The summed E-state index contributed by atoms with van der Waals surface area (Å²) in [5.41, 5.74) is 19.5. The molecule has 0 amide bonds. The highest BCUT2D eigenvalue weighted by Crippen LogP contribution is 2.48. The van der Waals surface area contributed by atoms with Crippen molar-refractivity contribution in [2.24, 2.45) is 0 Å². The second-order valence-corrected chi connectivity index (χ2v) is 23.7. The molecule has 0 fully saturated rings. The number of fused-ring (bicyclic) bond motifs is 11. The van der Waals surface area contributed by atoms with Crippen LogP contribution in [0.4, 0.5) is 51.2 Å². The molecule has 3 aromatic heterocycles. The van der Waals surface area contributed by atoms with E-state index in [-0.39, 0.29) is 0 Å². The largest absolute Gasteiger partial charge is 0.456 e. The Labute approximate surface area is 541 Å². The standard InChI is InChI=1S/C52H34N2O2.C34H22ClNO/c1-3-14-36(15-4-1)53(39-30-31-45-43-20-9-11-24-49(43)55-51(45)34-39)38-28-26-35(27-29-38)40-32-33-47(42-19-8-7-18-41(40)42)54(37-16-5-2-6-17-37)48-23-13-22-46-44-21-10-12-25-50(44)56-52(46)48;35-24-16-14-23(15-17-24)27-19-20-32(29-11-5-4-10-28(27)29)36(25-8-2-1-3-9-25)26-18-21-34-31(22-26)30-12-6-7-13-33(30)37-34/h1-34H;1-22H. The summed E-state index contributed by atoms with van der Waals surface area (Å²) in [6.45, 7) is 0. The van der Waals surface area contributed by atoms with E-state index in [1.165, 1.54) is 27.3 Å². The van der Waals surface area contributed by atoms with Crippen LogP contribution >= 0.6 is 11.6 Å². The van der Waals surface area contributed by atoms with E-state index >= 15 is 0 Å². The Bertz CT molecular complexity index is 5780. The average molecular weight is 1210 g/mol. The van der Waals surface area contributed by atoms with E-state index in [0.29, 0.717) is 0 Å². The zero-order valence-electron chi connectivity index (χ0n) is 50.3. The molecule has 440 valence electrons. The maximum atomic E-state index is 6.59. The molecular formula is C86H56ClN3O3. The Hall–Kier alpha value is -12.1. The van der Waals surface area contributed by atoms with Crippen LogP contribution in [0.3, 0.4) is 0 Å². The Morgan fingerprint density at radius 2 is 0.591 bits per heavy atom. The zero-order valence-corrected chi connectivity index (χ0v) is 51.0. The van der Waals surface area contributed by atoms with Gasteiger partial charge in [-0.1, -0.05) is 218 Å². The van der Waals surface area contributed by atoms with Crippen molar-refractivity contribution in [3.05, 3.63) is 345 Å². The number of benzene rings is 15. The van der Waals surface area contributed by atoms with Crippen molar-refractivity contribution in [1.82, 2.24) is 0 Å². The first kappa shape index (κ1) is 55.0. The molecule has 15 aromatic carbocycles. The summed E-state index contributed by atoms with van der Waals surface area (Å²) in [7, 11) is 0. The van der Waals surface area contributed by atoms with Crippen molar-refractivity contribution >= 4 is 150 Å². The molecular weight excluding hydrogens is 1160 g/mol. The fourth-order valence-electron chi connectivity index (χ4n) is 13.5. The fraction of sp³-hybridized carbons (Fsp3) is 0. The van der Waals surface area contributed by atoms with Crippen molar-refractivity contribution in [3.8, 4) is 22.3 Å². The lowest BCUT2D eigenvalue weighted by Crippen LogP contribution is -2.11. The third-order valence-corrected chi connectivity index (χ3v) is 18.0.